The second kappa shape index (κ2) is 10.4. The minimum Gasteiger partial charge on any atom is -0.497 e. The van der Waals surface area contributed by atoms with Crippen molar-refractivity contribution < 1.29 is 14.3 Å². The second-order valence-electron chi connectivity index (χ2n) is 8.61. The van der Waals surface area contributed by atoms with Crippen molar-refractivity contribution >= 4 is 11.6 Å². The SMILES string of the molecule is CCCCC(=O)Nc1cc(Oc2ccc(C(C)(C)c3ccc(OC)cc3)cc2)ccc1C. The lowest BCUT2D eigenvalue weighted by Gasteiger charge is -2.26. The molecule has 1 N–H and O–H groups in total. The molecule has 1 amide bonds. The number of hydrogen-bond donors (Lipinski definition) is 1. The molecule has 0 aliphatic heterocycles. The number of carbonyl (C=O) groups is 1. The molecule has 0 atom stereocenters. The summed E-state index contributed by atoms with van der Waals surface area (Å²) in [6.45, 7) is 8.47. The van der Waals surface area contributed by atoms with Crippen molar-refractivity contribution in [3.05, 3.63) is 83.4 Å². The Morgan fingerprint density at radius 1 is 0.875 bits per heavy atom. The van der Waals surface area contributed by atoms with Crippen molar-refractivity contribution in [3.63, 3.8) is 0 Å². The molecule has 0 fully saturated rings. The maximum absolute atomic E-state index is 12.1. The summed E-state index contributed by atoms with van der Waals surface area (Å²) in [5.74, 6) is 2.35. The van der Waals surface area contributed by atoms with Gasteiger partial charge in [-0.1, -0.05) is 57.5 Å². The van der Waals surface area contributed by atoms with Crippen molar-refractivity contribution in [3.8, 4) is 17.2 Å². The number of ether oxygens (including phenoxy) is 2. The maximum Gasteiger partial charge on any atom is 0.224 e. The van der Waals surface area contributed by atoms with E-state index in [0.717, 1.165) is 35.6 Å². The number of hydrogen-bond acceptors (Lipinski definition) is 3. The molecular formula is C28H33NO3. The van der Waals surface area contributed by atoms with Crippen LogP contribution in [0.25, 0.3) is 0 Å². The van der Waals surface area contributed by atoms with Crippen LogP contribution in [0.4, 0.5) is 5.69 Å². The molecular weight excluding hydrogens is 398 g/mol. The van der Waals surface area contributed by atoms with E-state index in [1.54, 1.807) is 7.11 Å². The number of methoxy groups -OCH3 is 1. The van der Waals surface area contributed by atoms with E-state index in [1.807, 2.05) is 49.4 Å². The molecule has 4 heteroatoms. The molecule has 0 saturated carbocycles. The summed E-state index contributed by atoms with van der Waals surface area (Å²) in [4.78, 5) is 12.1. The largest absolute Gasteiger partial charge is 0.497 e. The Bertz CT molecular complexity index is 1040. The molecule has 0 saturated heterocycles. The van der Waals surface area contributed by atoms with Gasteiger partial charge in [0.05, 0.1) is 7.11 Å². The average Bonchev–Trinajstić information content (AvgIpc) is 2.80. The van der Waals surface area contributed by atoms with E-state index in [9.17, 15) is 4.79 Å². The Kier molecular flexibility index (Phi) is 7.57. The van der Waals surface area contributed by atoms with Gasteiger partial charge in [0.25, 0.3) is 0 Å². The molecule has 32 heavy (non-hydrogen) atoms. The molecule has 0 radical (unpaired) electrons. The fraction of sp³-hybridized carbons (Fsp3) is 0.321. The number of anilines is 1. The topological polar surface area (TPSA) is 47.6 Å². The van der Waals surface area contributed by atoms with Crippen LogP contribution in [0, 0.1) is 6.92 Å². The molecule has 0 spiro atoms. The zero-order valence-electron chi connectivity index (χ0n) is 19.7. The monoisotopic (exact) mass is 431 g/mol. The highest BCUT2D eigenvalue weighted by molar-refractivity contribution is 5.91. The zero-order chi connectivity index (χ0) is 23.1. The van der Waals surface area contributed by atoms with Crippen LogP contribution < -0.4 is 14.8 Å². The number of nitrogens with one attached hydrogen (secondary N) is 1. The highest BCUT2D eigenvalue weighted by Crippen LogP contribution is 2.34. The van der Waals surface area contributed by atoms with E-state index in [-0.39, 0.29) is 11.3 Å². The van der Waals surface area contributed by atoms with Gasteiger partial charge in [0.2, 0.25) is 5.91 Å². The van der Waals surface area contributed by atoms with Crippen LogP contribution in [0.5, 0.6) is 17.2 Å². The van der Waals surface area contributed by atoms with Gasteiger partial charge in [-0.3, -0.25) is 4.79 Å². The van der Waals surface area contributed by atoms with Gasteiger partial charge in [-0.2, -0.15) is 0 Å². The smallest absolute Gasteiger partial charge is 0.224 e. The molecule has 0 heterocycles. The third-order valence-electron chi connectivity index (χ3n) is 5.86. The molecule has 0 bridgehead atoms. The van der Waals surface area contributed by atoms with Crippen LogP contribution in [0.2, 0.25) is 0 Å². The quantitative estimate of drug-likeness (QED) is 0.388. The Morgan fingerprint density at radius 2 is 1.44 bits per heavy atom. The standard InChI is InChI=1S/C28H33NO3/c1-6-7-8-27(30)29-26-19-25(14-9-20(26)2)32-24-17-12-22(13-18-24)28(3,4)21-10-15-23(31-5)16-11-21/h9-19H,6-8H2,1-5H3,(H,29,30). The van der Waals surface area contributed by atoms with Crippen LogP contribution >= 0.6 is 0 Å². The van der Waals surface area contributed by atoms with Gasteiger partial charge in [-0.25, -0.2) is 0 Å². The minimum absolute atomic E-state index is 0.0391. The molecule has 0 aliphatic carbocycles. The molecule has 0 aliphatic rings. The number of aryl methyl sites for hydroxylation is 1. The number of carbonyl (C=O) groups excluding carboxylic acids is 1. The molecule has 4 nitrogen and oxygen atoms in total. The van der Waals surface area contributed by atoms with Crippen LogP contribution in [-0.2, 0) is 10.2 Å². The fourth-order valence-corrected chi connectivity index (χ4v) is 3.60. The first-order valence-electron chi connectivity index (χ1n) is 11.2. The lowest BCUT2D eigenvalue weighted by molar-refractivity contribution is -0.116. The van der Waals surface area contributed by atoms with Crippen LogP contribution in [0.1, 0.15) is 56.7 Å². The lowest BCUT2D eigenvalue weighted by atomic mass is 9.78. The number of benzene rings is 3. The maximum atomic E-state index is 12.1. The molecule has 3 aromatic rings. The highest BCUT2D eigenvalue weighted by atomic mass is 16.5. The zero-order valence-corrected chi connectivity index (χ0v) is 19.7. The summed E-state index contributed by atoms with van der Waals surface area (Å²) in [5, 5.41) is 3.00. The first kappa shape index (κ1) is 23.4. The summed E-state index contributed by atoms with van der Waals surface area (Å²) in [5.41, 5.74) is 4.07. The molecule has 0 unspecified atom stereocenters. The normalized spacial score (nSPS) is 11.2. The Balaban J connectivity index is 1.72. The summed E-state index contributed by atoms with van der Waals surface area (Å²) >= 11 is 0. The molecule has 3 aromatic carbocycles. The van der Waals surface area contributed by atoms with Gasteiger partial charge < -0.3 is 14.8 Å². The summed E-state index contributed by atoms with van der Waals surface area (Å²) < 4.78 is 11.3. The minimum atomic E-state index is -0.148. The van der Waals surface area contributed by atoms with E-state index >= 15 is 0 Å². The first-order chi connectivity index (χ1) is 15.3. The van der Waals surface area contributed by atoms with Gasteiger partial charge >= 0.3 is 0 Å². The highest BCUT2D eigenvalue weighted by Gasteiger charge is 2.23. The Hall–Kier alpha value is -3.27. The van der Waals surface area contributed by atoms with E-state index in [1.165, 1.54) is 11.1 Å². The van der Waals surface area contributed by atoms with Crippen molar-refractivity contribution in [2.24, 2.45) is 0 Å². The van der Waals surface area contributed by atoms with Gasteiger partial charge in [0.1, 0.15) is 17.2 Å². The molecule has 168 valence electrons. The summed E-state index contributed by atoms with van der Waals surface area (Å²) in [6.07, 6.45) is 2.42. The van der Waals surface area contributed by atoms with Gasteiger partial charge in [-0.05, 0) is 60.4 Å². The Labute approximate surface area is 191 Å². The van der Waals surface area contributed by atoms with Crippen molar-refractivity contribution in [1.82, 2.24) is 0 Å². The van der Waals surface area contributed by atoms with Gasteiger partial charge in [0, 0.05) is 23.6 Å². The third kappa shape index (κ3) is 5.70. The predicted octanol–water partition coefficient (Wildman–Crippen LogP) is 7.25. The van der Waals surface area contributed by atoms with E-state index in [4.69, 9.17) is 9.47 Å². The second-order valence-corrected chi connectivity index (χ2v) is 8.61. The molecule has 3 rings (SSSR count). The first-order valence-corrected chi connectivity index (χ1v) is 11.2. The van der Waals surface area contributed by atoms with Gasteiger partial charge in [-0.15, -0.1) is 0 Å². The van der Waals surface area contributed by atoms with Crippen LogP contribution in [-0.4, -0.2) is 13.0 Å². The summed E-state index contributed by atoms with van der Waals surface area (Å²) in [7, 11) is 1.68. The number of amides is 1. The van der Waals surface area contributed by atoms with Crippen LogP contribution in [0.15, 0.2) is 66.7 Å². The van der Waals surface area contributed by atoms with Crippen molar-refractivity contribution in [2.45, 2.75) is 52.4 Å². The number of unbranched alkanes of at least 4 members (excludes halogenated alkanes) is 1. The summed E-state index contributed by atoms with van der Waals surface area (Å²) in [6, 6.07) is 22.1. The van der Waals surface area contributed by atoms with Crippen LogP contribution in [0.3, 0.4) is 0 Å². The lowest BCUT2D eigenvalue weighted by Crippen LogP contribution is -2.18. The van der Waals surface area contributed by atoms with Crippen molar-refractivity contribution in [2.75, 3.05) is 12.4 Å². The third-order valence-corrected chi connectivity index (χ3v) is 5.86. The van der Waals surface area contributed by atoms with E-state index < -0.39 is 0 Å². The average molecular weight is 432 g/mol. The number of rotatable bonds is 9. The van der Waals surface area contributed by atoms with E-state index in [2.05, 4.69) is 50.4 Å². The predicted molar refractivity (Wildman–Crippen MR) is 131 cm³/mol. The van der Waals surface area contributed by atoms with E-state index in [0.29, 0.717) is 12.2 Å². The van der Waals surface area contributed by atoms with Crippen molar-refractivity contribution in [1.29, 1.82) is 0 Å². The van der Waals surface area contributed by atoms with Gasteiger partial charge in [0.15, 0.2) is 0 Å². The molecule has 0 aromatic heterocycles. The Morgan fingerprint density at radius 3 is 2.00 bits per heavy atom. The fourth-order valence-electron chi connectivity index (χ4n) is 3.60.